The predicted molar refractivity (Wildman–Crippen MR) is 70.5 cm³/mol. The molecule has 2 rings (SSSR count). The molecule has 3 N–H and O–H groups in total. The number of thioether (sulfide) groups is 1. The first-order valence-corrected chi connectivity index (χ1v) is 7.65. The fraction of sp³-hybridized carbons (Fsp3) is 0.917. The van der Waals surface area contributed by atoms with Crippen molar-refractivity contribution in [2.45, 2.75) is 48.9 Å². The Hall–Kier alpha value is -0.260. The van der Waals surface area contributed by atoms with Crippen molar-refractivity contribution in [3.63, 3.8) is 0 Å². The van der Waals surface area contributed by atoms with Gasteiger partial charge in [0.1, 0.15) is 0 Å². The van der Waals surface area contributed by atoms with Crippen LogP contribution in [0.3, 0.4) is 0 Å². The minimum absolute atomic E-state index is 0.184. The number of rotatable bonds is 5. The largest absolute Gasteiger partial charge is 0.481 e. The molecule has 1 saturated heterocycles. The van der Waals surface area contributed by atoms with Crippen molar-refractivity contribution in [3.8, 4) is 0 Å². The van der Waals surface area contributed by atoms with E-state index in [4.69, 9.17) is 5.11 Å². The predicted octanol–water partition coefficient (Wildman–Crippen LogP) is 1.07. The second-order valence-corrected chi connectivity index (χ2v) is 6.46. The summed E-state index contributed by atoms with van der Waals surface area (Å²) >= 11 is 1.94. The van der Waals surface area contributed by atoms with Crippen LogP contribution in [0.15, 0.2) is 0 Å². The van der Waals surface area contributed by atoms with Crippen LogP contribution in [0.4, 0.5) is 0 Å². The van der Waals surface area contributed by atoms with Crippen LogP contribution < -0.4 is 10.6 Å². The highest BCUT2D eigenvalue weighted by Gasteiger charge is 2.41. The summed E-state index contributed by atoms with van der Waals surface area (Å²) in [4.78, 5) is 10.9. The number of carboxylic acids is 1. The van der Waals surface area contributed by atoms with E-state index in [0.717, 1.165) is 18.3 Å². The van der Waals surface area contributed by atoms with Crippen LogP contribution in [0.1, 0.15) is 32.1 Å². The molecule has 17 heavy (non-hydrogen) atoms. The number of aliphatic carboxylic acids is 1. The van der Waals surface area contributed by atoms with Gasteiger partial charge in [0.05, 0.1) is 12.0 Å². The Labute approximate surface area is 107 Å². The SMILES string of the molecule is CSC1CCCC(NC2(CC(=O)O)CNC2)C1. The molecule has 1 heterocycles. The smallest absolute Gasteiger partial charge is 0.305 e. The van der Waals surface area contributed by atoms with Crippen LogP contribution in [0.25, 0.3) is 0 Å². The van der Waals surface area contributed by atoms with E-state index in [1.54, 1.807) is 0 Å². The van der Waals surface area contributed by atoms with Crippen LogP contribution in [-0.2, 0) is 4.79 Å². The van der Waals surface area contributed by atoms with Crippen molar-refractivity contribution in [1.82, 2.24) is 10.6 Å². The average molecular weight is 258 g/mol. The molecule has 2 unspecified atom stereocenters. The summed E-state index contributed by atoms with van der Waals surface area (Å²) in [6.07, 6.45) is 7.36. The molecule has 0 radical (unpaired) electrons. The number of carbonyl (C=O) groups is 1. The molecule has 1 saturated carbocycles. The van der Waals surface area contributed by atoms with Crippen LogP contribution in [0, 0.1) is 0 Å². The van der Waals surface area contributed by atoms with Gasteiger partial charge in [-0.05, 0) is 25.5 Å². The summed E-state index contributed by atoms with van der Waals surface area (Å²) in [7, 11) is 0. The zero-order valence-corrected chi connectivity index (χ0v) is 11.2. The highest BCUT2D eigenvalue weighted by atomic mass is 32.2. The van der Waals surface area contributed by atoms with Gasteiger partial charge in [-0.3, -0.25) is 4.79 Å². The quantitative estimate of drug-likeness (QED) is 0.688. The highest BCUT2D eigenvalue weighted by Crippen LogP contribution is 2.29. The maximum Gasteiger partial charge on any atom is 0.305 e. The van der Waals surface area contributed by atoms with E-state index in [1.807, 2.05) is 11.8 Å². The van der Waals surface area contributed by atoms with Crippen molar-refractivity contribution in [2.75, 3.05) is 19.3 Å². The second-order valence-electron chi connectivity index (χ2n) is 5.32. The molecule has 98 valence electrons. The van der Waals surface area contributed by atoms with Gasteiger partial charge in [-0.1, -0.05) is 6.42 Å². The number of hydrogen-bond acceptors (Lipinski definition) is 4. The van der Waals surface area contributed by atoms with E-state index in [-0.39, 0.29) is 12.0 Å². The lowest BCUT2D eigenvalue weighted by Crippen LogP contribution is -2.70. The first kappa shape index (κ1) is 13.2. The molecular formula is C12H22N2O2S. The number of hydrogen-bond donors (Lipinski definition) is 3. The Kier molecular flexibility index (Phi) is 4.33. The Morgan fingerprint density at radius 2 is 2.29 bits per heavy atom. The average Bonchev–Trinajstić information content (AvgIpc) is 2.26. The molecule has 2 atom stereocenters. The normalized spacial score (nSPS) is 31.8. The molecule has 0 amide bonds. The van der Waals surface area contributed by atoms with Crippen molar-refractivity contribution in [1.29, 1.82) is 0 Å². The van der Waals surface area contributed by atoms with Crippen LogP contribution in [-0.4, -0.2) is 47.3 Å². The Morgan fingerprint density at radius 3 is 2.82 bits per heavy atom. The van der Waals surface area contributed by atoms with Gasteiger partial charge in [0.2, 0.25) is 0 Å². The van der Waals surface area contributed by atoms with E-state index < -0.39 is 5.97 Å². The lowest BCUT2D eigenvalue weighted by molar-refractivity contribution is -0.139. The van der Waals surface area contributed by atoms with Gasteiger partial charge in [0.25, 0.3) is 0 Å². The standard InChI is InChI=1S/C12H22N2O2S/c1-17-10-4-2-3-9(5-10)14-12(6-11(15)16)7-13-8-12/h9-10,13-14H,2-8H2,1H3,(H,15,16). The first-order chi connectivity index (χ1) is 8.13. The molecule has 0 aromatic heterocycles. The minimum atomic E-state index is -0.698. The molecule has 0 bridgehead atoms. The molecule has 4 nitrogen and oxygen atoms in total. The Morgan fingerprint density at radius 1 is 1.53 bits per heavy atom. The third-order valence-electron chi connectivity index (χ3n) is 3.89. The summed E-state index contributed by atoms with van der Waals surface area (Å²) in [6.45, 7) is 1.58. The van der Waals surface area contributed by atoms with E-state index in [9.17, 15) is 4.79 Å². The number of nitrogens with one attached hydrogen (secondary N) is 2. The molecular weight excluding hydrogens is 236 g/mol. The summed E-state index contributed by atoms with van der Waals surface area (Å²) in [6, 6.07) is 0.502. The van der Waals surface area contributed by atoms with E-state index in [0.29, 0.717) is 6.04 Å². The van der Waals surface area contributed by atoms with Crippen molar-refractivity contribution in [2.24, 2.45) is 0 Å². The lowest BCUT2D eigenvalue weighted by Gasteiger charge is -2.46. The lowest BCUT2D eigenvalue weighted by atomic mass is 9.85. The molecule has 2 fully saturated rings. The first-order valence-electron chi connectivity index (χ1n) is 6.36. The minimum Gasteiger partial charge on any atom is -0.481 e. The summed E-state index contributed by atoms with van der Waals surface area (Å²) in [5.41, 5.74) is -0.184. The van der Waals surface area contributed by atoms with Gasteiger partial charge in [-0.15, -0.1) is 0 Å². The Bertz CT molecular complexity index is 282. The van der Waals surface area contributed by atoms with Crippen molar-refractivity contribution >= 4 is 17.7 Å². The zero-order chi connectivity index (χ0) is 12.3. The maximum atomic E-state index is 10.9. The fourth-order valence-electron chi connectivity index (χ4n) is 2.92. The summed E-state index contributed by atoms with van der Waals surface area (Å²) in [5.74, 6) is -0.698. The second kappa shape index (κ2) is 5.59. The van der Waals surface area contributed by atoms with Crippen LogP contribution >= 0.6 is 11.8 Å². The maximum absolute atomic E-state index is 10.9. The molecule has 0 aromatic carbocycles. The molecule has 2 aliphatic rings. The topological polar surface area (TPSA) is 61.4 Å². The van der Waals surface area contributed by atoms with E-state index in [2.05, 4.69) is 16.9 Å². The van der Waals surface area contributed by atoms with Gasteiger partial charge in [0.15, 0.2) is 0 Å². The van der Waals surface area contributed by atoms with Crippen molar-refractivity contribution < 1.29 is 9.90 Å². The summed E-state index contributed by atoms with van der Waals surface area (Å²) in [5, 5.41) is 16.5. The molecule has 0 spiro atoms. The highest BCUT2D eigenvalue weighted by molar-refractivity contribution is 7.99. The van der Waals surface area contributed by atoms with Crippen LogP contribution in [0.2, 0.25) is 0 Å². The Balaban J connectivity index is 1.87. The molecule has 0 aromatic rings. The third-order valence-corrected chi connectivity index (χ3v) is 4.98. The van der Waals surface area contributed by atoms with Gasteiger partial charge in [-0.25, -0.2) is 0 Å². The van der Waals surface area contributed by atoms with Gasteiger partial charge < -0.3 is 15.7 Å². The van der Waals surface area contributed by atoms with E-state index in [1.165, 1.54) is 25.7 Å². The molecule has 1 aliphatic heterocycles. The van der Waals surface area contributed by atoms with E-state index >= 15 is 0 Å². The number of carboxylic acid groups (broad SMARTS) is 1. The third kappa shape index (κ3) is 3.36. The fourth-order valence-corrected chi connectivity index (χ4v) is 3.74. The van der Waals surface area contributed by atoms with Gasteiger partial charge in [-0.2, -0.15) is 11.8 Å². The molecule has 1 aliphatic carbocycles. The zero-order valence-electron chi connectivity index (χ0n) is 10.4. The summed E-state index contributed by atoms with van der Waals surface area (Å²) < 4.78 is 0. The van der Waals surface area contributed by atoms with Gasteiger partial charge >= 0.3 is 5.97 Å². The van der Waals surface area contributed by atoms with Gasteiger partial charge in [0, 0.05) is 24.4 Å². The monoisotopic (exact) mass is 258 g/mol. The van der Waals surface area contributed by atoms with Crippen LogP contribution in [0.5, 0.6) is 0 Å². The van der Waals surface area contributed by atoms with Crippen molar-refractivity contribution in [3.05, 3.63) is 0 Å². The molecule has 5 heteroatoms.